The van der Waals surface area contributed by atoms with Crippen LogP contribution in [-0.2, 0) is 41.6 Å². The maximum Gasteiger partial charge on any atom is 0.336 e. The molecule has 3 aliphatic heterocycles. The maximum absolute atomic E-state index is 13.3. The molecular formula is C42H43Cl2N2O14S3+. The molecule has 7 rings (SSSR count). The van der Waals surface area contributed by atoms with Crippen molar-refractivity contribution in [3.05, 3.63) is 109 Å². The fourth-order valence-electron chi connectivity index (χ4n) is 8.87. The van der Waals surface area contributed by atoms with Gasteiger partial charge in [0.2, 0.25) is 5.36 Å². The topological polar surface area (TPSA) is 242 Å². The minimum absolute atomic E-state index is 0.142. The van der Waals surface area contributed by atoms with Crippen LogP contribution in [0.3, 0.4) is 0 Å². The van der Waals surface area contributed by atoms with Crippen LogP contribution in [0.5, 0.6) is 17.2 Å². The van der Waals surface area contributed by atoms with Gasteiger partial charge in [-0.05, 0) is 81.1 Å². The number of ether oxygens (including phenoxy) is 2. The van der Waals surface area contributed by atoms with Crippen molar-refractivity contribution in [1.29, 1.82) is 0 Å². The molecule has 2 unspecified atom stereocenters. The van der Waals surface area contributed by atoms with Gasteiger partial charge in [0, 0.05) is 64.5 Å². The third kappa shape index (κ3) is 9.20. The van der Waals surface area contributed by atoms with Gasteiger partial charge in [0.15, 0.2) is 11.3 Å². The van der Waals surface area contributed by atoms with Crippen molar-refractivity contribution in [2.75, 3.05) is 30.5 Å². The molecule has 0 bridgehead atoms. The lowest BCUT2D eigenvalue weighted by atomic mass is 9.78. The highest BCUT2D eigenvalue weighted by Crippen LogP contribution is 2.49. The van der Waals surface area contributed by atoms with Gasteiger partial charge in [-0.2, -0.15) is 25.3 Å². The van der Waals surface area contributed by atoms with E-state index in [2.05, 4.69) is 0 Å². The zero-order chi connectivity index (χ0) is 46.5. The number of halogens is 2. The lowest BCUT2D eigenvalue weighted by molar-refractivity contribution is -0.133. The Hall–Kier alpha value is -4.60. The molecule has 3 aliphatic rings. The summed E-state index contributed by atoms with van der Waals surface area (Å²) in [5, 5.41) is 11.0. The highest BCUT2D eigenvalue weighted by molar-refractivity contribution is 7.86. The van der Waals surface area contributed by atoms with Gasteiger partial charge in [0.1, 0.15) is 18.5 Å². The van der Waals surface area contributed by atoms with E-state index >= 15 is 0 Å². The summed E-state index contributed by atoms with van der Waals surface area (Å²) in [6.45, 7) is 7.75. The van der Waals surface area contributed by atoms with Crippen LogP contribution in [0.15, 0.2) is 59.5 Å². The van der Waals surface area contributed by atoms with Gasteiger partial charge in [-0.25, -0.2) is 9.37 Å². The number of carbonyl (C=O) groups excluding carboxylic acids is 1. The first-order chi connectivity index (χ1) is 28.9. The Balaban J connectivity index is 1.46. The summed E-state index contributed by atoms with van der Waals surface area (Å²) in [5.41, 5.74) is 1.26. The molecule has 4 N–H and O–H groups in total. The van der Waals surface area contributed by atoms with E-state index in [1.165, 1.54) is 18.2 Å². The number of hydrogen-bond donors (Lipinski definition) is 4. The van der Waals surface area contributed by atoms with Gasteiger partial charge in [0.25, 0.3) is 30.4 Å². The molecule has 21 heteroatoms. The lowest BCUT2D eigenvalue weighted by Crippen LogP contribution is -2.51. The number of fused-ring (bicyclic) bond motifs is 4. The number of carbonyl (C=O) groups is 2. The number of benzene rings is 4. The average molecular weight is 967 g/mol. The van der Waals surface area contributed by atoms with Crippen molar-refractivity contribution in [1.82, 2.24) is 4.58 Å². The van der Waals surface area contributed by atoms with Crippen LogP contribution >= 0.6 is 23.2 Å². The molecule has 0 saturated heterocycles. The number of hydrogen-bond acceptors (Lipinski definition) is 11. The molecule has 2 atom stereocenters. The van der Waals surface area contributed by atoms with E-state index in [0.29, 0.717) is 51.4 Å². The minimum Gasteiger partial charge on any atom is -0.478 e. The number of rotatable bonds is 10. The second-order valence-electron chi connectivity index (χ2n) is 17.4. The molecule has 0 radical (unpaired) electrons. The number of esters is 1. The summed E-state index contributed by atoms with van der Waals surface area (Å²) in [6, 6.07) is 12.8. The second-order valence-corrected chi connectivity index (χ2v) is 22.6. The smallest absolute Gasteiger partial charge is 0.336 e. The second kappa shape index (κ2) is 15.8. The molecule has 16 nitrogen and oxygen atoms in total. The Kier molecular flexibility index (Phi) is 11.7. The molecule has 63 heavy (non-hydrogen) atoms. The lowest BCUT2D eigenvalue weighted by Gasteiger charge is -2.46. The van der Waals surface area contributed by atoms with Gasteiger partial charge in [-0.3, -0.25) is 18.5 Å². The summed E-state index contributed by atoms with van der Waals surface area (Å²) in [7, 11) is -9.95. The van der Waals surface area contributed by atoms with Gasteiger partial charge in [0.05, 0.1) is 44.5 Å². The Morgan fingerprint density at radius 1 is 0.825 bits per heavy atom. The predicted octanol–water partition coefficient (Wildman–Crippen LogP) is 5.30. The largest absolute Gasteiger partial charge is 0.478 e. The first-order valence-corrected chi connectivity index (χ1v) is 24.7. The van der Waals surface area contributed by atoms with E-state index in [4.69, 9.17) is 32.7 Å². The Morgan fingerprint density at radius 3 is 2.00 bits per heavy atom. The normalized spacial score (nSPS) is 19.0. The van der Waals surface area contributed by atoms with Crippen LogP contribution in [0, 0.1) is 0 Å². The number of anilines is 1. The molecule has 0 fully saturated rings. The SMILES string of the molecule is CN1c2cc3c(cc2C(CS(=O)(=O)O)CC1(C)C)C(c1ccc(CC(=O)Oc2c(Cl)cc(S(=O)(=O)O)cc2Cl)cc1C(=O)O)=c1cc2c(cc1O3)=[N+](C)C(C)(C)CC2CS(=O)(=O)O. The molecule has 336 valence electrons. The first kappa shape index (κ1) is 46.4. The van der Waals surface area contributed by atoms with Crippen molar-refractivity contribution >= 4 is 76.8 Å². The quantitative estimate of drug-likeness (QED) is 0.0601. The van der Waals surface area contributed by atoms with Crippen LogP contribution < -0.4 is 29.5 Å². The number of aromatic carboxylic acids is 1. The standard InChI is InChI=1S/C42H42Cl2N2O14S3/c1-41(2)17-22(19-61(50,51)52)26-13-29-35(15-33(26)45(41)5)59-36-16-34-27(23(20-62(53,54)55)18-42(3,4)46(34)6)14-30(36)38(29)25-8-7-21(9-28(25)40(48)49)10-37(47)60-39-31(43)11-24(12-32(39)44)63(56,57)58/h7-9,11-16,22-23H,10,17-20H2,1-6H3,(H3-,48,49,50,51,52,53,54,55,56,57,58)/p+1. The average Bonchev–Trinajstić information content (AvgIpc) is 3.13. The zero-order valence-electron chi connectivity index (χ0n) is 34.6. The Labute approximate surface area is 373 Å². The van der Waals surface area contributed by atoms with E-state index < -0.39 is 104 Å². The fourth-order valence-corrected chi connectivity index (χ4v) is 11.7. The zero-order valence-corrected chi connectivity index (χ0v) is 38.6. The van der Waals surface area contributed by atoms with E-state index in [0.717, 1.165) is 12.1 Å². The summed E-state index contributed by atoms with van der Waals surface area (Å²) in [5.74, 6) is -4.77. The summed E-state index contributed by atoms with van der Waals surface area (Å²) in [6.07, 6.45) is 0.126. The van der Waals surface area contributed by atoms with Crippen molar-refractivity contribution in [3.8, 4) is 17.2 Å². The molecule has 0 amide bonds. The molecular weight excluding hydrogens is 924 g/mol. The van der Waals surface area contributed by atoms with E-state index in [1.54, 1.807) is 24.3 Å². The molecule has 4 aromatic rings. The Morgan fingerprint density at radius 2 is 1.43 bits per heavy atom. The van der Waals surface area contributed by atoms with Crippen LogP contribution in [0.25, 0.3) is 5.57 Å². The monoisotopic (exact) mass is 965 g/mol. The van der Waals surface area contributed by atoms with Gasteiger partial charge < -0.3 is 19.5 Å². The molecule has 0 aliphatic carbocycles. The van der Waals surface area contributed by atoms with Crippen molar-refractivity contribution in [3.63, 3.8) is 0 Å². The Bertz CT molecular complexity index is 3130. The van der Waals surface area contributed by atoms with E-state index in [-0.39, 0.29) is 28.2 Å². The van der Waals surface area contributed by atoms with Crippen LogP contribution in [-0.4, -0.2) is 92.6 Å². The van der Waals surface area contributed by atoms with E-state index in [9.17, 15) is 53.6 Å². The molecule has 0 aromatic heterocycles. The highest BCUT2D eigenvalue weighted by atomic mass is 35.5. The van der Waals surface area contributed by atoms with Crippen LogP contribution in [0.2, 0.25) is 10.0 Å². The predicted molar refractivity (Wildman–Crippen MR) is 234 cm³/mol. The number of nitrogens with zero attached hydrogens (tertiary/aromatic N) is 2. The maximum atomic E-state index is 13.3. The van der Waals surface area contributed by atoms with Crippen LogP contribution in [0.4, 0.5) is 5.69 Å². The fraction of sp³-hybridized carbons (Fsp3) is 0.357. The van der Waals surface area contributed by atoms with Gasteiger partial charge >= 0.3 is 11.9 Å². The van der Waals surface area contributed by atoms with Crippen molar-refractivity contribution < 1.29 is 63.1 Å². The third-order valence-corrected chi connectivity index (χ3v) is 15.2. The third-order valence-electron chi connectivity index (χ3n) is 12.2. The highest BCUT2D eigenvalue weighted by Gasteiger charge is 2.42. The van der Waals surface area contributed by atoms with Crippen LogP contribution in [0.1, 0.15) is 90.5 Å². The van der Waals surface area contributed by atoms with Crippen molar-refractivity contribution in [2.24, 2.45) is 0 Å². The minimum atomic E-state index is -4.70. The molecule has 4 aromatic carbocycles. The number of carboxylic acid groups (broad SMARTS) is 1. The van der Waals surface area contributed by atoms with E-state index in [1.807, 2.05) is 51.3 Å². The molecule has 0 saturated carbocycles. The summed E-state index contributed by atoms with van der Waals surface area (Å²) >= 11 is 12.3. The molecule has 3 heterocycles. The molecule has 0 spiro atoms. The summed E-state index contributed by atoms with van der Waals surface area (Å²) in [4.78, 5) is 27.8. The number of carboxylic acids is 1. The summed E-state index contributed by atoms with van der Waals surface area (Å²) < 4.78 is 116. The van der Waals surface area contributed by atoms with Gasteiger partial charge in [-0.15, -0.1) is 0 Å². The van der Waals surface area contributed by atoms with Gasteiger partial charge in [-0.1, -0.05) is 35.3 Å². The van der Waals surface area contributed by atoms with Crippen molar-refractivity contribution in [2.45, 2.75) is 74.8 Å². The first-order valence-electron chi connectivity index (χ1n) is 19.3.